The molecule has 0 aliphatic rings. The highest BCUT2D eigenvalue weighted by atomic mass is 16.2. The second-order valence-corrected chi connectivity index (χ2v) is 7.45. The Hall–Kier alpha value is -3.34. The van der Waals surface area contributed by atoms with E-state index in [1.165, 1.54) is 12.5 Å². The average Bonchev–Trinajstić information content (AvgIpc) is 2.97. The number of rotatable bonds is 5. The average molecular weight is 389 g/mol. The van der Waals surface area contributed by atoms with Crippen molar-refractivity contribution >= 4 is 17.5 Å². The van der Waals surface area contributed by atoms with Gasteiger partial charge in [0.1, 0.15) is 0 Å². The molecule has 1 N–H and O–H groups in total. The number of aryl methyl sites for hydroxylation is 2. The number of carbonyl (C=O) groups is 2. The number of nitrogens with one attached hydrogen (secondary N) is 1. The summed E-state index contributed by atoms with van der Waals surface area (Å²) < 4.78 is 2.09. The molecule has 0 saturated carbocycles. The molecule has 0 aliphatic heterocycles. The number of para-hydroxylation sites is 1. The van der Waals surface area contributed by atoms with E-state index in [9.17, 15) is 9.59 Å². The zero-order valence-electron chi connectivity index (χ0n) is 17.6. The smallest absolute Gasteiger partial charge is 0.257 e. The summed E-state index contributed by atoms with van der Waals surface area (Å²) in [6, 6.07) is 17.7. The number of benzene rings is 2. The van der Waals surface area contributed by atoms with Crippen LogP contribution < -0.4 is 5.32 Å². The molecule has 2 amide bonds. The molecule has 5 heteroatoms. The van der Waals surface area contributed by atoms with Gasteiger partial charge in [-0.2, -0.15) is 0 Å². The van der Waals surface area contributed by atoms with Gasteiger partial charge in [0.05, 0.1) is 5.56 Å². The summed E-state index contributed by atoms with van der Waals surface area (Å²) in [5, 5.41) is 3.03. The maximum atomic E-state index is 13.1. The Morgan fingerprint density at radius 1 is 1.00 bits per heavy atom. The predicted octanol–water partition coefficient (Wildman–Crippen LogP) is 4.63. The fraction of sp³-hybridized carbons (Fsp3) is 0.250. The van der Waals surface area contributed by atoms with E-state index < -0.39 is 0 Å². The van der Waals surface area contributed by atoms with Crippen molar-refractivity contribution < 1.29 is 9.59 Å². The van der Waals surface area contributed by atoms with Gasteiger partial charge >= 0.3 is 0 Å². The lowest BCUT2D eigenvalue weighted by atomic mass is 10.1. The SMILES string of the molecule is CC(=O)N(C)Cc1ccccc1NC(=O)c1cc(C)n(-c2cccc(C)c2)c1C. The highest BCUT2D eigenvalue weighted by molar-refractivity contribution is 6.05. The monoisotopic (exact) mass is 389 g/mol. The van der Waals surface area contributed by atoms with E-state index in [0.29, 0.717) is 17.8 Å². The van der Waals surface area contributed by atoms with Gasteiger partial charge in [0.25, 0.3) is 5.91 Å². The van der Waals surface area contributed by atoms with Gasteiger partial charge in [-0.3, -0.25) is 9.59 Å². The van der Waals surface area contributed by atoms with E-state index in [1.807, 2.05) is 56.3 Å². The van der Waals surface area contributed by atoms with Gasteiger partial charge in [-0.15, -0.1) is 0 Å². The zero-order valence-corrected chi connectivity index (χ0v) is 17.6. The van der Waals surface area contributed by atoms with Crippen LogP contribution in [0.3, 0.4) is 0 Å². The van der Waals surface area contributed by atoms with Crippen molar-refractivity contribution in [3.63, 3.8) is 0 Å². The molecule has 0 radical (unpaired) electrons. The van der Waals surface area contributed by atoms with Gasteiger partial charge in [0.2, 0.25) is 5.91 Å². The van der Waals surface area contributed by atoms with Crippen molar-refractivity contribution in [1.29, 1.82) is 0 Å². The molecule has 0 spiro atoms. The first-order valence-electron chi connectivity index (χ1n) is 9.65. The van der Waals surface area contributed by atoms with Gasteiger partial charge < -0.3 is 14.8 Å². The standard InChI is InChI=1S/C24H27N3O2/c1-16-9-8-11-21(13-16)27-17(2)14-22(18(27)3)24(29)25-23-12-7-6-10-20(23)15-26(5)19(4)28/h6-14H,15H2,1-5H3,(H,25,29). The van der Waals surface area contributed by atoms with Crippen molar-refractivity contribution in [3.05, 3.63) is 82.7 Å². The van der Waals surface area contributed by atoms with E-state index in [-0.39, 0.29) is 11.8 Å². The highest BCUT2D eigenvalue weighted by Crippen LogP contribution is 2.24. The Morgan fingerprint density at radius 2 is 1.72 bits per heavy atom. The number of anilines is 1. The van der Waals surface area contributed by atoms with Crippen LogP contribution in [-0.4, -0.2) is 28.3 Å². The molecule has 0 fully saturated rings. The molecule has 0 unspecified atom stereocenters. The van der Waals surface area contributed by atoms with Crippen molar-refractivity contribution in [1.82, 2.24) is 9.47 Å². The second kappa shape index (κ2) is 8.35. The Labute approximate surface area is 172 Å². The molecular formula is C24H27N3O2. The Balaban J connectivity index is 1.90. The van der Waals surface area contributed by atoms with Crippen LogP contribution in [0.5, 0.6) is 0 Å². The van der Waals surface area contributed by atoms with Crippen LogP contribution in [0.15, 0.2) is 54.6 Å². The van der Waals surface area contributed by atoms with Gasteiger partial charge in [0, 0.05) is 43.3 Å². The van der Waals surface area contributed by atoms with Crippen LogP contribution in [0.25, 0.3) is 5.69 Å². The summed E-state index contributed by atoms with van der Waals surface area (Å²) in [5.41, 5.74) is 6.36. The first kappa shape index (κ1) is 20.4. The first-order chi connectivity index (χ1) is 13.8. The maximum absolute atomic E-state index is 13.1. The third-order valence-corrected chi connectivity index (χ3v) is 5.15. The zero-order chi connectivity index (χ0) is 21.1. The van der Waals surface area contributed by atoms with Crippen LogP contribution in [0.2, 0.25) is 0 Å². The van der Waals surface area contributed by atoms with E-state index >= 15 is 0 Å². The minimum atomic E-state index is -0.157. The van der Waals surface area contributed by atoms with Gasteiger partial charge in [-0.25, -0.2) is 0 Å². The quantitative estimate of drug-likeness (QED) is 0.691. The van der Waals surface area contributed by atoms with Crippen LogP contribution in [-0.2, 0) is 11.3 Å². The lowest BCUT2D eigenvalue weighted by Gasteiger charge is -2.18. The minimum absolute atomic E-state index is 0.0205. The van der Waals surface area contributed by atoms with Crippen LogP contribution in [0.1, 0.15) is 39.8 Å². The van der Waals surface area contributed by atoms with Gasteiger partial charge in [-0.05, 0) is 56.2 Å². The fourth-order valence-corrected chi connectivity index (χ4v) is 3.49. The van der Waals surface area contributed by atoms with Crippen LogP contribution >= 0.6 is 0 Å². The summed E-state index contributed by atoms with van der Waals surface area (Å²) in [6.07, 6.45) is 0. The molecule has 0 atom stereocenters. The summed E-state index contributed by atoms with van der Waals surface area (Å²) >= 11 is 0. The largest absolute Gasteiger partial charge is 0.342 e. The second-order valence-electron chi connectivity index (χ2n) is 7.45. The van der Waals surface area contributed by atoms with Crippen molar-refractivity contribution in [3.8, 4) is 5.69 Å². The molecule has 1 heterocycles. The Morgan fingerprint density at radius 3 is 2.41 bits per heavy atom. The summed E-state index contributed by atoms with van der Waals surface area (Å²) in [6.45, 7) is 7.98. The number of aromatic nitrogens is 1. The molecule has 0 bridgehead atoms. The minimum Gasteiger partial charge on any atom is -0.342 e. The molecule has 0 aliphatic carbocycles. The molecule has 5 nitrogen and oxygen atoms in total. The lowest BCUT2D eigenvalue weighted by molar-refractivity contribution is -0.128. The number of hydrogen-bond donors (Lipinski definition) is 1. The summed E-state index contributed by atoms with van der Waals surface area (Å²) in [5.74, 6) is -0.178. The predicted molar refractivity (Wildman–Crippen MR) is 117 cm³/mol. The molecule has 1 aromatic heterocycles. The molecular weight excluding hydrogens is 362 g/mol. The summed E-state index contributed by atoms with van der Waals surface area (Å²) in [4.78, 5) is 26.3. The number of nitrogens with zero attached hydrogens (tertiary/aromatic N) is 2. The normalized spacial score (nSPS) is 10.7. The molecule has 3 rings (SSSR count). The third-order valence-electron chi connectivity index (χ3n) is 5.15. The van der Waals surface area contributed by atoms with Crippen molar-refractivity contribution in [2.24, 2.45) is 0 Å². The first-order valence-corrected chi connectivity index (χ1v) is 9.65. The molecule has 3 aromatic rings. The topological polar surface area (TPSA) is 54.3 Å². The fourth-order valence-electron chi connectivity index (χ4n) is 3.49. The molecule has 150 valence electrons. The lowest BCUT2D eigenvalue weighted by Crippen LogP contribution is -2.24. The molecule has 29 heavy (non-hydrogen) atoms. The third kappa shape index (κ3) is 4.40. The van der Waals surface area contributed by atoms with Crippen molar-refractivity contribution in [2.75, 3.05) is 12.4 Å². The highest BCUT2D eigenvalue weighted by Gasteiger charge is 2.18. The molecule has 2 aromatic carbocycles. The van der Waals surface area contributed by atoms with E-state index in [1.54, 1.807) is 11.9 Å². The summed E-state index contributed by atoms with van der Waals surface area (Å²) in [7, 11) is 1.75. The van der Waals surface area contributed by atoms with Crippen LogP contribution in [0, 0.1) is 20.8 Å². The van der Waals surface area contributed by atoms with E-state index in [0.717, 1.165) is 22.6 Å². The van der Waals surface area contributed by atoms with Gasteiger partial charge in [0.15, 0.2) is 0 Å². The number of hydrogen-bond acceptors (Lipinski definition) is 2. The van der Waals surface area contributed by atoms with Gasteiger partial charge in [-0.1, -0.05) is 30.3 Å². The Kier molecular flexibility index (Phi) is 5.87. The van der Waals surface area contributed by atoms with Crippen molar-refractivity contribution in [2.45, 2.75) is 34.2 Å². The Bertz CT molecular complexity index is 1070. The van der Waals surface area contributed by atoms with Crippen LogP contribution in [0.4, 0.5) is 5.69 Å². The van der Waals surface area contributed by atoms with E-state index in [2.05, 4.69) is 28.9 Å². The maximum Gasteiger partial charge on any atom is 0.257 e. The number of amides is 2. The number of carbonyl (C=O) groups excluding carboxylic acids is 2. The van der Waals surface area contributed by atoms with E-state index in [4.69, 9.17) is 0 Å². The molecule has 0 saturated heterocycles.